The van der Waals surface area contributed by atoms with Gasteiger partial charge in [0.15, 0.2) is 0 Å². The SMILES string of the molecule is COc1ccc(C(C)(C)C)c2cc(Cl)ccc12. The summed E-state index contributed by atoms with van der Waals surface area (Å²) in [5.41, 5.74) is 1.38. The molecule has 0 unspecified atom stereocenters. The van der Waals surface area contributed by atoms with Gasteiger partial charge < -0.3 is 4.74 Å². The Morgan fingerprint density at radius 3 is 2.29 bits per heavy atom. The molecule has 0 fully saturated rings. The monoisotopic (exact) mass is 248 g/mol. The van der Waals surface area contributed by atoms with E-state index in [4.69, 9.17) is 16.3 Å². The smallest absolute Gasteiger partial charge is 0.126 e. The highest BCUT2D eigenvalue weighted by Crippen LogP contribution is 2.36. The maximum atomic E-state index is 6.10. The Balaban J connectivity index is 2.84. The molecule has 2 aromatic rings. The van der Waals surface area contributed by atoms with E-state index >= 15 is 0 Å². The Morgan fingerprint density at radius 2 is 1.71 bits per heavy atom. The van der Waals surface area contributed by atoms with Crippen LogP contribution in [0.2, 0.25) is 5.02 Å². The molecule has 0 aliphatic heterocycles. The van der Waals surface area contributed by atoms with E-state index in [1.165, 1.54) is 10.9 Å². The van der Waals surface area contributed by atoms with Gasteiger partial charge in [-0.3, -0.25) is 0 Å². The maximum absolute atomic E-state index is 6.10. The van der Waals surface area contributed by atoms with E-state index in [1.807, 2.05) is 24.3 Å². The van der Waals surface area contributed by atoms with Crippen molar-refractivity contribution in [2.45, 2.75) is 26.2 Å². The van der Waals surface area contributed by atoms with Crippen LogP contribution in [-0.2, 0) is 5.41 Å². The fourth-order valence-electron chi connectivity index (χ4n) is 2.12. The van der Waals surface area contributed by atoms with Crippen LogP contribution in [0, 0.1) is 0 Å². The molecule has 0 saturated carbocycles. The Morgan fingerprint density at radius 1 is 1.00 bits per heavy atom. The van der Waals surface area contributed by atoms with Crippen LogP contribution in [0.25, 0.3) is 10.8 Å². The van der Waals surface area contributed by atoms with Gasteiger partial charge in [-0.2, -0.15) is 0 Å². The lowest BCUT2D eigenvalue weighted by Crippen LogP contribution is -2.11. The molecule has 0 spiro atoms. The lowest BCUT2D eigenvalue weighted by molar-refractivity contribution is 0.419. The van der Waals surface area contributed by atoms with Crippen molar-refractivity contribution in [2.24, 2.45) is 0 Å². The zero-order chi connectivity index (χ0) is 12.6. The lowest BCUT2D eigenvalue weighted by Gasteiger charge is -2.22. The minimum absolute atomic E-state index is 0.0925. The van der Waals surface area contributed by atoms with E-state index in [-0.39, 0.29) is 5.41 Å². The average molecular weight is 249 g/mol. The molecule has 0 radical (unpaired) electrons. The molecular formula is C15H17ClO. The predicted molar refractivity (Wildman–Crippen MR) is 74.2 cm³/mol. The second-order valence-corrected chi connectivity index (χ2v) is 5.69. The molecule has 0 atom stereocenters. The van der Waals surface area contributed by atoms with Gasteiger partial charge in [-0.15, -0.1) is 0 Å². The number of hydrogen-bond donors (Lipinski definition) is 0. The van der Waals surface area contributed by atoms with Gasteiger partial charge in [0, 0.05) is 10.4 Å². The summed E-state index contributed by atoms with van der Waals surface area (Å²) in [5, 5.41) is 3.05. The van der Waals surface area contributed by atoms with Crippen molar-refractivity contribution in [2.75, 3.05) is 7.11 Å². The Hall–Kier alpha value is -1.21. The Labute approximate surface area is 107 Å². The fourth-order valence-corrected chi connectivity index (χ4v) is 2.30. The molecule has 0 heterocycles. The largest absolute Gasteiger partial charge is 0.496 e. The first-order chi connectivity index (χ1) is 7.93. The van der Waals surface area contributed by atoms with Crippen molar-refractivity contribution in [3.63, 3.8) is 0 Å². The zero-order valence-electron chi connectivity index (χ0n) is 10.7. The number of fused-ring (bicyclic) bond motifs is 1. The molecule has 90 valence electrons. The van der Waals surface area contributed by atoms with Crippen LogP contribution < -0.4 is 4.74 Å². The number of rotatable bonds is 1. The van der Waals surface area contributed by atoms with E-state index < -0.39 is 0 Å². The number of hydrogen-bond acceptors (Lipinski definition) is 1. The number of halogens is 1. The highest BCUT2D eigenvalue weighted by atomic mass is 35.5. The quantitative estimate of drug-likeness (QED) is 0.704. The topological polar surface area (TPSA) is 9.23 Å². The van der Waals surface area contributed by atoms with Crippen LogP contribution in [0.15, 0.2) is 30.3 Å². The third-order valence-corrected chi connectivity index (χ3v) is 3.20. The zero-order valence-corrected chi connectivity index (χ0v) is 11.4. The Bertz CT molecular complexity index is 553. The second-order valence-electron chi connectivity index (χ2n) is 5.26. The van der Waals surface area contributed by atoms with Crippen molar-refractivity contribution >= 4 is 22.4 Å². The van der Waals surface area contributed by atoms with Crippen molar-refractivity contribution < 1.29 is 4.74 Å². The van der Waals surface area contributed by atoms with Crippen molar-refractivity contribution in [1.82, 2.24) is 0 Å². The second kappa shape index (κ2) is 4.23. The fraction of sp³-hybridized carbons (Fsp3) is 0.333. The van der Waals surface area contributed by atoms with Gasteiger partial charge in [0.25, 0.3) is 0 Å². The van der Waals surface area contributed by atoms with Crippen LogP contribution >= 0.6 is 11.6 Å². The summed E-state index contributed by atoms with van der Waals surface area (Å²) >= 11 is 6.10. The van der Waals surface area contributed by atoms with Crippen molar-refractivity contribution in [1.29, 1.82) is 0 Å². The summed E-state index contributed by atoms with van der Waals surface area (Å²) in [5.74, 6) is 0.893. The first-order valence-corrected chi connectivity index (χ1v) is 6.08. The summed E-state index contributed by atoms with van der Waals surface area (Å²) in [4.78, 5) is 0. The molecule has 0 aliphatic rings. The highest BCUT2D eigenvalue weighted by molar-refractivity contribution is 6.31. The molecule has 2 aromatic carbocycles. The highest BCUT2D eigenvalue weighted by Gasteiger charge is 2.18. The van der Waals surface area contributed by atoms with Gasteiger partial charge in [0.1, 0.15) is 5.75 Å². The van der Waals surface area contributed by atoms with Crippen molar-refractivity contribution in [3.8, 4) is 5.75 Å². The molecule has 17 heavy (non-hydrogen) atoms. The minimum atomic E-state index is 0.0925. The average Bonchev–Trinajstić information content (AvgIpc) is 2.25. The summed E-state index contributed by atoms with van der Waals surface area (Å²) in [6.45, 7) is 6.61. The molecule has 0 aliphatic carbocycles. The van der Waals surface area contributed by atoms with Crippen LogP contribution in [0.5, 0.6) is 5.75 Å². The van der Waals surface area contributed by atoms with Gasteiger partial charge >= 0.3 is 0 Å². The molecule has 0 bridgehead atoms. The molecule has 0 N–H and O–H groups in total. The minimum Gasteiger partial charge on any atom is -0.496 e. The molecule has 2 heteroatoms. The van der Waals surface area contributed by atoms with Crippen LogP contribution in [0.4, 0.5) is 0 Å². The van der Waals surface area contributed by atoms with Crippen LogP contribution in [-0.4, -0.2) is 7.11 Å². The third kappa shape index (κ3) is 2.25. The number of methoxy groups -OCH3 is 1. The van der Waals surface area contributed by atoms with Gasteiger partial charge in [0.2, 0.25) is 0 Å². The van der Waals surface area contributed by atoms with Gasteiger partial charge in [-0.05, 0) is 40.6 Å². The van der Waals surface area contributed by atoms with E-state index in [1.54, 1.807) is 7.11 Å². The first-order valence-electron chi connectivity index (χ1n) is 5.70. The van der Waals surface area contributed by atoms with E-state index in [0.29, 0.717) is 0 Å². The van der Waals surface area contributed by atoms with E-state index in [9.17, 15) is 0 Å². The third-order valence-electron chi connectivity index (χ3n) is 2.97. The maximum Gasteiger partial charge on any atom is 0.126 e. The standard InChI is InChI=1S/C15H17ClO/c1-15(2,3)13-7-8-14(17-4)11-6-5-10(16)9-12(11)13/h5-9H,1-4H3. The molecular weight excluding hydrogens is 232 g/mol. The van der Waals surface area contributed by atoms with E-state index in [0.717, 1.165) is 16.2 Å². The predicted octanol–water partition coefficient (Wildman–Crippen LogP) is 4.80. The summed E-state index contributed by atoms with van der Waals surface area (Å²) < 4.78 is 5.39. The normalized spacial score (nSPS) is 11.8. The molecule has 1 nitrogen and oxygen atoms in total. The lowest BCUT2D eigenvalue weighted by atomic mass is 9.83. The summed E-state index contributed by atoms with van der Waals surface area (Å²) in [7, 11) is 1.69. The molecule has 0 saturated heterocycles. The van der Waals surface area contributed by atoms with Crippen LogP contribution in [0.1, 0.15) is 26.3 Å². The van der Waals surface area contributed by atoms with Crippen LogP contribution in [0.3, 0.4) is 0 Å². The van der Waals surface area contributed by atoms with E-state index in [2.05, 4.69) is 26.8 Å². The Kier molecular flexibility index (Phi) is 3.05. The first kappa shape index (κ1) is 12.3. The molecule has 0 aromatic heterocycles. The van der Waals surface area contributed by atoms with Gasteiger partial charge in [0.05, 0.1) is 7.11 Å². The van der Waals surface area contributed by atoms with Gasteiger partial charge in [-0.1, -0.05) is 38.4 Å². The number of benzene rings is 2. The molecule has 0 amide bonds. The number of ether oxygens (including phenoxy) is 1. The summed E-state index contributed by atoms with van der Waals surface area (Å²) in [6, 6.07) is 10.1. The van der Waals surface area contributed by atoms with Gasteiger partial charge in [-0.25, -0.2) is 0 Å². The van der Waals surface area contributed by atoms with Crippen molar-refractivity contribution in [3.05, 3.63) is 40.9 Å². The molecule has 2 rings (SSSR count). The summed E-state index contributed by atoms with van der Waals surface area (Å²) in [6.07, 6.45) is 0.